The van der Waals surface area contributed by atoms with Crippen LogP contribution in [-0.4, -0.2) is 48.1 Å². The van der Waals surface area contributed by atoms with Crippen molar-refractivity contribution in [2.45, 2.75) is 26.8 Å². The number of fused-ring (bicyclic) bond motifs is 1. The number of piperazine rings is 1. The van der Waals surface area contributed by atoms with Gasteiger partial charge in [0, 0.05) is 55.3 Å². The highest BCUT2D eigenvalue weighted by Gasteiger charge is 2.22. The van der Waals surface area contributed by atoms with Gasteiger partial charge in [0.1, 0.15) is 16.5 Å². The highest BCUT2D eigenvalue weighted by Crippen LogP contribution is 2.34. The number of halogens is 1. The van der Waals surface area contributed by atoms with Gasteiger partial charge in [-0.2, -0.15) is 0 Å². The van der Waals surface area contributed by atoms with E-state index in [1.807, 2.05) is 31.2 Å². The lowest BCUT2D eigenvalue weighted by atomic mass is 9.99. The third-order valence-corrected chi connectivity index (χ3v) is 7.01. The molecule has 5 rings (SSSR count). The Labute approximate surface area is 215 Å². The summed E-state index contributed by atoms with van der Waals surface area (Å²) >= 11 is 6.29. The minimum absolute atomic E-state index is 0.0291. The molecule has 36 heavy (non-hydrogen) atoms. The number of pyridine rings is 2. The molecule has 7 nitrogen and oxygen atoms in total. The lowest BCUT2D eigenvalue weighted by Crippen LogP contribution is -2.45. The van der Waals surface area contributed by atoms with Crippen molar-refractivity contribution in [3.63, 3.8) is 0 Å². The number of nitrogens with zero attached hydrogens (tertiary/aromatic N) is 4. The Kier molecular flexibility index (Phi) is 6.69. The molecule has 4 heterocycles. The van der Waals surface area contributed by atoms with Gasteiger partial charge in [0.05, 0.1) is 17.1 Å². The minimum atomic E-state index is -0.158. The molecule has 1 aliphatic rings. The van der Waals surface area contributed by atoms with Crippen LogP contribution < -0.4 is 15.6 Å². The molecule has 0 bridgehead atoms. The van der Waals surface area contributed by atoms with E-state index in [2.05, 4.69) is 45.1 Å². The van der Waals surface area contributed by atoms with Crippen LogP contribution in [-0.2, 0) is 0 Å². The van der Waals surface area contributed by atoms with Crippen LogP contribution >= 0.6 is 11.6 Å². The summed E-state index contributed by atoms with van der Waals surface area (Å²) in [5.41, 5.74) is 4.71. The second kappa shape index (κ2) is 9.91. The SMILES string of the molecule is Cc1cc([C@@H](C)Nc2ccc(Cl)nc2N2CCN(C)CC2)c2oc(-c3cccnc3)c(C)c(=O)c2c1. The largest absolute Gasteiger partial charge is 0.455 e. The summed E-state index contributed by atoms with van der Waals surface area (Å²) in [6, 6.07) is 11.3. The average Bonchev–Trinajstić information content (AvgIpc) is 2.88. The van der Waals surface area contributed by atoms with Crippen molar-refractivity contribution in [3.8, 4) is 11.3 Å². The quantitative estimate of drug-likeness (QED) is 0.363. The Hall–Kier alpha value is -3.42. The summed E-state index contributed by atoms with van der Waals surface area (Å²) in [6.45, 7) is 9.56. The van der Waals surface area contributed by atoms with Gasteiger partial charge >= 0.3 is 0 Å². The number of anilines is 2. The molecule has 1 atom stereocenters. The zero-order valence-electron chi connectivity index (χ0n) is 21.0. The van der Waals surface area contributed by atoms with Gasteiger partial charge in [-0.15, -0.1) is 0 Å². The Morgan fingerprint density at radius 3 is 2.61 bits per heavy atom. The monoisotopic (exact) mass is 503 g/mol. The molecule has 0 amide bonds. The van der Waals surface area contributed by atoms with Crippen molar-refractivity contribution in [1.82, 2.24) is 14.9 Å². The van der Waals surface area contributed by atoms with Crippen LogP contribution in [0.5, 0.6) is 0 Å². The molecule has 4 aromatic rings. The maximum atomic E-state index is 13.4. The maximum Gasteiger partial charge on any atom is 0.196 e. The zero-order chi connectivity index (χ0) is 25.4. The summed E-state index contributed by atoms with van der Waals surface area (Å²) in [4.78, 5) is 26.8. The van der Waals surface area contributed by atoms with Gasteiger partial charge in [-0.3, -0.25) is 9.78 Å². The number of rotatable bonds is 5. The summed E-state index contributed by atoms with van der Waals surface area (Å²) in [6.07, 6.45) is 3.42. The fraction of sp³-hybridized carbons (Fsp3) is 0.321. The minimum Gasteiger partial charge on any atom is -0.455 e. The van der Waals surface area contributed by atoms with E-state index in [0.717, 1.165) is 54.4 Å². The predicted octanol–water partition coefficient (Wildman–Crippen LogP) is 5.45. The molecular formula is C28H30ClN5O2. The van der Waals surface area contributed by atoms with E-state index >= 15 is 0 Å². The standard InChI is InChI=1S/C28H30ClN5O2/c1-17-14-21(27-22(15-17)25(35)18(2)26(36-27)20-6-5-9-30-16-20)19(3)31-23-7-8-24(29)32-28(23)34-12-10-33(4)11-13-34/h5-9,14-16,19,31H,10-13H2,1-4H3/t19-/m1/s1. The van der Waals surface area contributed by atoms with Crippen LogP contribution in [0.4, 0.5) is 11.5 Å². The predicted molar refractivity (Wildman–Crippen MR) is 146 cm³/mol. The normalized spacial score (nSPS) is 15.3. The van der Waals surface area contributed by atoms with Crippen molar-refractivity contribution >= 4 is 34.1 Å². The van der Waals surface area contributed by atoms with Crippen LogP contribution in [0.15, 0.2) is 58.0 Å². The van der Waals surface area contributed by atoms with Crippen molar-refractivity contribution in [2.75, 3.05) is 43.4 Å². The number of likely N-dealkylation sites (N-methyl/N-ethyl adjacent to an activating group) is 1. The third-order valence-electron chi connectivity index (χ3n) is 6.80. The summed E-state index contributed by atoms with van der Waals surface area (Å²) in [5, 5.41) is 4.67. The van der Waals surface area contributed by atoms with E-state index in [0.29, 0.717) is 27.4 Å². The Bertz CT molecular complexity index is 1460. The van der Waals surface area contributed by atoms with E-state index < -0.39 is 0 Å². The van der Waals surface area contributed by atoms with Gasteiger partial charge in [-0.25, -0.2) is 4.98 Å². The third kappa shape index (κ3) is 4.68. The second-order valence-corrected chi connectivity index (χ2v) is 9.91. The number of hydrogen-bond donors (Lipinski definition) is 1. The van der Waals surface area contributed by atoms with Crippen LogP contribution in [0.25, 0.3) is 22.3 Å². The molecule has 1 aromatic carbocycles. The molecule has 1 fully saturated rings. The molecule has 1 aliphatic heterocycles. The summed E-state index contributed by atoms with van der Waals surface area (Å²) in [7, 11) is 2.13. The van der Waals surface area contributed by atoms with Crippen LogP contribution in [0.2, 0.25) is 5.15 Å². The molecular weight excluding hydrogens is 474 g/mol. The molecule has 8 heteroatoms. The average molecular weight is 504 g/mol. The molecule has 0 spiro atoms. The summed E-state index contributed by atoms with van der Waals surface area (Å²) < 4.78 is 6.45. The van der Waals surface area contributed by atoms with Crippen LogP contribution in [0, 0.1) is 13.8 Å². The molecule has 0 unspecified atom stereocenters. The number of aryl methyl sites for hydroxylation is 1. The van der Waals surface area contributed by atoms with E-state index in [-0.39, 0.29) is 11.5 Å². The number of benzene rings is 1. The van der Waals surface area contributed by atoms with E-state index in [1.54, 1.807) is 25.4 Å². The number of hydrogen-bond acceptors (Lipinski definition) is 7. The van der Waals surface area contributed by atoms with Crippen LogP contribution in [0.1, 0.15) is 29.7 Å². The first-order valence-corrected chi connectivity index (χ1v) is 12.5. The molecule has 1 saturated heterocycles. The Morgan fingerprint density at radius 1 is 1.11 bits per heavy atom. The first kappa shape index (κ1) is 24.3. The Balaban J connectivity index is 1.58. The molecule has 0 radical (unpaired) electrons. The fourth-order valence-electron chi connectivity index (χ4n) is 4.77. The summed E-state index contributed by atoms with van der Waals surface area (Å²) in [5.74, 6) is 1.39. The second-order valence-electron chi connectivity index (χ2n) is 9.52. The molecule has 0 saturated carbocycles. The first-order valence-electron chi connectivity index (χ1n) is 12.2. The Morgan fingerprint density at radius 2 is 1.89 bits per heavy atom. The maximum absolute atomic E-state index is 13.4. The zero-order valence-corrected chi connectivity index (χ0v) is 21.8. The van der Waals surface area contributed by atoms with E-state index in [1.165, 1.54) is 0 Å². The van der Waals surface area contributed by atoms with E-state index in [9.17, 15) is 4.79 Å². The lowest BCUT2D eigenvalue weighted by molar-refractivity contribution is 0.312. The number of nitrogens with one attached hydrogen (secondary N) is 1. The molecule has 1 N–H and O–H groups in total. The van der Waals surface area contributed by atoms with Crippen LogP contribution in [0.3, 0.4) is 0 Å². The van der Waals surface area contributed by atoms with Crippen molar-refractivity contribution in [1.29, 1.82) is 0 Å². The molecule has 186 valence electrons. The molecule has 0 aliphatic carbocycles. The van der Waals surface area contributed by atoms with E-state index in [4.69, 9.17) is 16.0 Å². The van der Waals surface area contributed by atoms with Crippen molar-refractivity contribution in [3.05, 3.63) is 80.9 Å². The number of aromatic nitrogens is 2. The fourth-order valence-corrected chi connectivity index (χ4v) is 4.91. The van der Waals surface area contributed by atoms with Crippen molar-refractivity contribution < 1.29 is 4.42 Å². The first-order chi connectivity index (χ1) is 17.3. The highest BCUT2D eigenvalue weighted by molar-refractivity contribution is 6.29. The van der Waals surface area contributed by atoms with Crippen molar-refractivity contribution in [2.24, 2.45) is 0 Å². The van der Waals surface area contributed by atoms with Gasteiger partial charge < -0.3 is 19.5 Å². The topological polar surface area (TPSA) is 74.5 Å². The van der Waals surface area contributed by atoms with Gasteiger partial charge in [0.2, 0.25) is 0 Å². The smallest absolute Gasteiger partial charge is 0.196 e. The van der Waals surface area contributed by atoms with Gasteiger partial charge in [0.15, 0.2) is 11.2 Å². The lowest BCUT2D eigenvalue weighted by Gasteiger charge is -2.34. The highest BCUT2D eigenvalue weighted by atomic mass is 35.5. The van der Waals surface area contributed by atoms with Gasteiger partial charge in [0.25, 0.3) is 0 Å². The molecule has 3 aromatic heterocycles. The van der Waals surface area contributed by atoms with Gasteiger partial charge in [-0.1, -0.05) is 17.7 Å². The van der Waals surface area contributed by atoms with Gasteiger partial charge in [-0.05, 0) is 63.7 Å².